The van der Waals surface area contributed by atoms with E-state index in [0.717, 1.165) is 51.7 Å². The number of ether oxygens (including phenoxy) is 1. The fourth-order valence-electron chi connectivity index (χ4n) is 5.44. The van der Waals surface area contributed by atoms with Gasteiger partial charge in [-0.25, -0.2) is 8.42 Å². The Morgan fingerprint density at radius 1 is 0.968 bits per heavy atom. The van der Waals surface area contributed by atoms with E-state index in [0.29, 0.717) is 19.5 Å². The summed E-state index contributed by atoms with van der Waals surface area (Å²) in [5.41, 5.74) is 1.18. The van der Waals surface area contributed by atoms with E-state index in [1.807, 2.05) is 23.1 Å². The Morgan fingerprint density at radius 2 is 1.74 bits per heavy atom. The third-order valence-corrected chi connectivity index (χ3v) is 8.70. The quantitative estimate of drug-likeness (QED) is 0.612. The van der Waals surface area contributed by atoms with Crippen LogP contribution >= 0.6 is 0 Å². The van der Waals surface area contributed by atoms with Crippen molar-refractivity contribution in [3.05, 3.63) is 35.9 Å². The Hall–Kier alpha value is -1.44. The predicted molar refractivity (Wildman–Crippen MR) is 121 cm³/mol. The van der Waals surface area contributed by atoms with Crippen molar-refractivity contribution in [3.8, 4) is 0 Å². The maximum Gasteiger partial charge on any atom is 0.237 e. The smallest absolute Gasteiger partial charge is 0.237 e. The van der Waals surface area contributed by atoms with Gasteiger partial charge in [-0.1, -0.05) is 49.6 Å². The summed E-state index contributed by atoms with van der Waals surface area (Å²) in [6.07, 6.45) is 8.30. The number of hydrogen-bond donors (Lipinski definition) is 0. The lowest BCUT2D eigenvalue weighted by atomic mass is 9.92. The molecule has 1 amide bonds. The lowest BCUT2D eigenvalue weighted by Gasteiger charge is -2.39. The van der Waals surface area contributed by atoms with E-state index >= 15 is 0 Å². The van der Waals surface area contributed by atoms with E-state index in [9.17, 15) is 13.2 Å². The molecule has 0 spiro atoms. The molecule has 2 heterocycles. The summed E-state index contributed by atoms with van der Waals surface area (Å²) in [6, 6.07) is 10.3. The molecule has 4 rings (SSSR count). The first-order chi connectivity index (χ1) is 15.0. The molecule has 1 aromatic carbocycles. The molecule has 1 saturated carbocycles. The van der Waals surface area contributed by atoms with Crippen LogP contribution in [-0.4, -0.2) is 73.5 Å². The molecule has 2 atom stereocenters. The Kier molecular flexibility index (Phi) is 7.67. The zero-order valence-electron chi connectivity index (χ0n) is 18.5. The minimum Gasteiger partial charge on any atom is -0.377 e. The van der Waals surface area contributed by atoms with Crippen molar-refractivity contribution >= 4 is 15.7 Å². The van der Waals surface area contributed by atoms with Crippen molar-refractivity contribution in [3.63, 3.8) is 0 Å². The van der Waals surface area contributed by atoms with Crippen LogP contribution in [0.3, 0.4) is 0 Å². The third-order valence-electron chi connectivity index (χ3n) is 6.95. The highest BCUT2D eigenvalue weighted by Gasteiger charge is 2.39. The van der Waals surface area contributed by atoms with Crippen molar-refractivity contribution in [2.24, 2.45) is 0 Å². The van der Waals surface area contributed by atoms with Gasteiger partial charge in [-0.3, -0.25) is 9.69 Å². The first kappa shape index (κ1) is 22.7. The topological polar surface area (TPSA) is 66.9 Å². The van der Waals surface area contributed by atoms with Crippen molar-refractivity contribution in [1.29, 1.82) is 0 Å². The second-order valence-electron chi connectivity index (χ2n) is 9.44. The van der Waals surface area contributed by atoms with Gasteiger partial charge in [0.15, 0.2) is 9.84 Å². The van der Waals surface area contributed by atoms with E-state index < -0.39 is 9.84 Å². The van der Waals surface area contributed by atoms with Gasteiger partial charge < -0.3 is 9.64 Å². The number of sulfone groups is 1. The highest BCUT2D eigenvalue weighted by Crippen LogP contribution is 2.29. The SMILES string of the molecule is O=C(CN(Cc1ccccc1)CC1CCCO1)N(C1CCCCC1)C1CCS(=O)(=O)C1. The van der Waals surface area contributed by atoms with Crippen molar-refractivity contribution in [1.82, 2.24) is 9.80 Å². The third kappa shape index (κ3) is 6.30. The average molecular weight is 449 g/mol. The van der Waals surface area contributed by atoms with E-state index in [4.69, 9.17) is 4.74 Å². The molecule has 0 N–H and O–H groups in total. The minimum absolute atomic E-state index is 0.0860. The van der Waals surface area contributed by atoms with Crippen LogP contribution in [0.1, 0.15) is 56.9 Å². The Morgan fingerprint density at radius 3 is 2.39 bits per heavy atom. The fourth-order valence-corrected chi connectivity index (χ4v) is 7.15. The van der Waals surface area contributed by atoms with Crippen LogP contribution in [0.4, 0.5) is 0 Å². The number of carbonyl (C=O) groups excluding carboxylic acids is 1. The molecule has 1 aromatic rings. The van der Waals surface area contributed by atoms with Crippen LogP contribution in [0.15, 0.2) is 30.3 Å². The summed E-state index contributed by atoms with van der Waals surface area (Å²) in [4.78, 5) is 17.8. The van der Waals surface area contributed by atoms with E-state index in [1.54, 1.807) is 0 Å². The van der Waals surface area contributed by atoms with Crippen molar-refractivity contribution < 1.29 is 17.9 Å². The standard InChI is InChI=1S/C24H36N2O4S/c27-24(26(21-10-5-2-6-11-21)22-13-15-31(28,29)19-22)18-25(17-23-12-7-14-30-23)16-20-8-3-1-4-9-20/h1,3-4,8-9,21-23H,2,5-7,10-19H2. The van der Waals surface area contributed by atoms with Gasteiger partial charge in [-0.15, -0.1) is 0 Å². The van der Waals surface area contributed by atoms with Gasteiger partial charge in [0, 0.05) is 31.8 Å². The average Bonchev–Trinajstić information content (AvgIpc) is 3.39. The molecule has 2 saturated heterocycles. The normalized spacial score (nSPS) is 26.4. The summed E-state index contributed by atoms with van der Waals surface area (Å²) < 4.78 is 30.2. The van der Waals surface area contributed by atoms with Crippen LogP contribution in [-0.2, 0) is 25.9 Å². The molecule has 0 radical (unpaired) electrons. The molecule has 172 valence electrons. The summed E-state index contributed by atoms with van der Waals surface area (Å²) in [6.45, 7) is 2.56. The predicted octanol–water partition coefficient (Wildman–Crippen LogP) is 3.02. The largest absolute Gasteiger partial charge is 0.377 e. The maximum absolute atomic E-state index is 13.7. The summed E-state index contributed by atoms with van der Waals surface area (Å²) in [5.74, 6) is 0.417. The molecule has 0 bridgehead atoms. The van der Waals surface area contributed by atoms with Crippen molar-refractivity contribution in [2.75, 3.05) is 31.2 Å². The first-order valence-electron chi connectivity index (χ1n) is 11.9. The zero-order chi connectivity index (χ0) is 21.7. The fraction of sp³-hybridized carbons (Fsp3) is 0.708. The Labute approximate surface area is 186 Å². The molecule has 3 aliphatic rings. The van der Waals surface area contributed by atoms with Crippen molar-refractivity contribution in [2.45, 2.75) is 76.1 Å². The van der Waals surface area contributed by atoms with Crippen LogP contribution in [0.25, 0.3) is 0 Å². The van der Waals surface area contributed by atoms with Gasteiger partial charge in [0.25, 0.3) is 0 Å². The molecule has 7 heteroatoms. The minimum atomic E-state index is -3.04. The number of amides is 1. The van der Waals surface area contributed by atoms with Gasteiger partial charge in [0.2, 0.25) is 5.91 Å². The molecule has 31 heavy (non-hydrogen) atoms. The van der Waals surface area contributed by atoms with Gasteiger partial charge in [0.1, 0.15) is 0 Å². The monoisotopic (exact) mass is 448 g/mol. The summed E-state index contributed by atoms with van der Waals surface area (Å²) in [7, 11) is -3.04. The van der Waals surface area contributed by atoms with Gasteiger partial charge in [-0.05, 0) is 37.7 Å². The lowest BCUT2D eigenvalue weighted by Crippen LogP contribution is -2.52. The zero-order valence-corrected chi connectivity index (χ0v) is 19.3. The second-order valence-corrected chi connectivity index (χ2v) is 11.7. The number of benzene rings is 1. The van der Waals surface area contributed by atoms with E-state index in [2.05, 4.69) is 17.0 Å². The molecular formula is C24H36N2O4S. The number of rotatable bonds is 8. The lowest BCUT2D eigenvalue weighted by molar-refractivity contribution is -0.138. The molecule has 6 nitrogen and oxygen atoms in total. The van der Waals surface area contributed by atoms with E-state index in [1.165, 1.54) is 12.0 Å². The Balaban J connectivity index is 1.49. The summed E-state index contributed by atoms with van der Waals surface area (Å²) in [5, 5.41) is 0. The molecule has 2 unspecified atom stereocenters. The maximum atomic E-state index is 13.7. The molecular weight excluding hydrogens is 412 g/mol. The van der Waals surface area contributed by atoms with E-state index in [-0.39, 0.29) is 35.6 Å². The molecule has 2 aliphatic heterocycles. The van der Waals surface area contributed by atoms with Crippen LogP contribution < -0.4 is 0 Å². The second kappa shape index (κ2) is 10.5. The van der Waals surface area contributed by atoms with Crippen LogP contribution in [0.2, 0.25) is 0 Å². The molecule has 3 fully saturated rings. The molecule has 1 aliphatic carbocycles. The Bertz CT molecular complexity index is 817. The number of carbonyl (C=O) groups is 1. The first-order valence-corrected chi connectivity index (χ1v) is 13.7. The molecule has 0 aromatic heterocycles. The van der Waals surface area contributed by atoms with Gasteiger partial charge in [-0.2, -0.15) is 0 Å². The highest BCUT2D eigenvalue weighted by atomic mass is 32.2. The van der Waals surface area contributed by atoms with Gasteiger partial charge >= 0.3 is 0 Å². The van der Waals surface area contributed by atoms with Crippen LogP contribution in [0, 0.1) is 0 Å². The summed E-state index contributed by atoms with van der Waals surface area (Å²) >= 11 is 0. The highest BCUT2D eigenvalue weighted by molar-refractivity contribution is 7.91. The number of hydrogen-bond acceptors (Lipinski definition) is 5. The number of nitrogens with zero attached hydrogens (tertiary/aromatic N) is 2. The van der Waals surface area contributed by atoms with Crippen LogP contribution in [0.5, 0.6) is 0 Å². The van der Waals surface area contributed by atoms with Gasteiger partial charge in [0.05, 0.1) is 24.2 Å².